The Labute approximate surface area is 158 Å². The van der Waals surface area contributed by atoms with E-state index in [1.165, 1.54) is 24.3 Å². The molecule has 0 unspecified atom stereocenters. The standard InChI is InChI=1S/C18H18F4N4O2/c1-11-2-3-12(10-15(11)19)16(27)24-8-9-25-17(23)26-13-4-6-14(7-5-13)28-18(20,21)22/h2-7,10H,8-9H2,1H3,(H,24,27)(H3,23,25,26). The summed E-state index contributed by atoms with van der Waals surface area (Å²) >= 11 is 0. The summed E-state index contributed by atoms with van der Waals surface area (Å²) in [7, 11) is 0. The maximum atomic E-state index is 13.5. The van der Waals surface area contributed by atoms with E-state index in [2.05, 4.69) is 20.4 Å². The molecule has 0 aliphatic rings. The Hall–Kier alpha value is -3.30. The summed E-state index contributed by atoms with van der Waals surface area (Å²) in [5.74, 6) is -1.25. The largest absolute Gasteiger partial charge is 0.573 e. The lowest BCUT2D eigenvalue weighted by Crippen LogP contribution is -2.28. The summed E-state index contributed by atoms with van der Waals surface area (Å²) in [5, 5.41) is 5.27. The zero-order valence-corrected chi connectivity index (χ0v) is 14.8. The number of guanidine groups is 1. The number of halogens is 4. The maximum absolute atomic E-state index is 13.5. The molecule has 0 saturated heterocycles. The normalized spacial score (nSPS) is 11.8. The van der Waals surface area contributed by atoms with E-state index in [1.54, 1.807) is 6.92 Å². The number of carbonyl (C=O) groups excluding carboxylic acids is 1. The van der Waals surface area contributed by atoms with Gasteiger partial charge in [0.05, 0.1) is 6.54 Å². The second-order valence-corrected chi connectivity index (χ2v) is 5.68. The van der Waals surface area contributed by atoms with Crippen molar-refractivity contribution >= 4 is 17.6 Å². The first-order chi connectivity index (χ1) is 13.1. The van der Waals surface area contributed by atoms with Gasteiger partial charge in [-0.3, -0.25) is 9.79 Å². The first kappa shape index (κ1) is 21.0. The third-order valence-electron chi connectivity index (χ3n) is 3.47. The fourth-order valence-corrected chi connectivity index (χ4v) is 2.11. The van der Waals surface area contributed by atoms with Crippen LogP contribution >= 0.6 is 0 Å². The number of hydrogen-bond donors (Lipinski definition) is 3. The molecule has 0 atom stereocenters. The van der Waals surface area contributed by atoms with E-state index in [4.69, 9.17) is 5.73 Å². The summed E-state index contributed by atoms with van der Waals surface area (Å²) in [6, 6.07) is 9.12. The fourth-order valence-electron chi connectivity index (χ4n) is 2.11. The minimum atomic E-state index is -4.76. The summed E-state index contributed by atoms with van der Waals surface area (Å²) in [5.41, 5.74) is 6.72. The average Bonchev–Trinajstić information content (AvgIpc) is 2.61. The molecular formula is C18H18F4N4O2. The van der Waals surface area contributed by atoms with Crippen molar-refractivity contribution in [2.45, 2.75) is 13.3 Å². The van der Waals surface area contributed by atoms with E-state index < -0.39 is 18.1 Å². The third kappa shape index (κ3) is 6.78. The Morgan fingerprint density at radius 1 is 1.18 bits per heavy atom. The molecule has 6 nitrogen and oxygen atoms in total. The highest BCUT2D eigenvalue weighted by atomic mass is 19.4. The number of rotatable bonds is 6. The number of aryl methyl sites for hydroxylation is 1. The predicted octanol–water partition coefficient (Wildman–Crippen LogP) is 3.19. The van der Waals surface area contributed by atoms with Crippen molar-refractivity contribution in [3.8, 4) is 5.75 Å². The van der Waals surface area contributed by atoms with Crippen LogP contribution in [0, 0.1) is 12.7 Å². The van der Waals surface area contributed by atoms with Crippen molar-refractivity contribution < 1.29 is 27.1 Å². The van der Waals surface area contributed by atoms with Gasteiger partial charge in [-0.1, -0.05) is 6.07 Å². The number of alkyl halides is 3. The van der Waals surface area contributed by atoms with Crippen LogP contribution in [0.5, 0.6) is 5.75 Å². The van der Waals surface area contributed by atoms with Crippen LogP contribution in [0.25, 0.3) is 0 Å². The number of aliphatic imine (C=N–C) groups is 1. The molecule has 2 rings (SSSR count). The minimum Gasteiger partial charge on any atom is -0.406 e. The molecule has 0 aromatic heterocycles. The number of carbonyl (C=O) groups is 1. The second-order valence-electron chi connectivity index (χ2n) is 5.68. The lowest BCUT2D eigenvalue weighted by atomic mass is 10.1. The highest BCUT2D eigenvalue weighted by molar-refractivity contribution is 5.94. The Morgan fingerprint density at radius 3 is 2.46 bits per heavy atom. The molecule has 0 bridgehead atoms. The van der Waals surface area contributed by atoms with Crippen molar-refractivity contribution in [3.63, 3.8) is 0 Å². The molecule has 0 fully saturated rings. The summed E-state index contributed by atoms with van der Waals surface area (Å²) in [4.78, 5) is 15.9. The van der Waals surface area contributed by atoms with Gasteiger partial charge in [0.25, 0.3) is 5.91 Å². The van der Waals surface area contributed by atoms with Crippen LogP contribution in [-0.4, -0.2) is 31.3 Å². The van der Waals surface area contributed by atoms with Crippen molar-refractivity contribution in [1.29, 1.82) is 0 Å². The third-order valence-corrected chi connectivity index (χ3v) is 3.47. The molecule has 4 N–H and O–H groups in total. The van der Waals surface area contributed by atoms with Crippen LogP contribution in [0.4, 0.5) is 23.2 Å². The van der Waals surface area contributed by atoms with E-state index in [9.17, 15) is 22.4 Å². The smallest absolute Gasteiger partial charge is 0.406 e. The summed E-state index contributed by atoms with van der Waals surface area (Å²) in [6.45, 7) is 1.90. The van der Waals surface area contributed by atoms with E-state index in [1.807, 2.05) is 0 Å². The van der Waals surface area contributed by atoms with Gasteiger partial charge in [0.1, 0.15) is 11.6 Å². The molecular weight excluding hydrogens is 380 g/mol. The SMILES string of the molecule is Cc1ccc(C(=O)NCCN=C(N)Nc2ccc(OC(F)(F)F)cc2)cc1F. The zero-order chi connectivity index (χ0) is 20.7. The number of nitrogens with zero attached hydrogens (tertiary/aromatic N) is 1. The number of nitrogens with two attached hydrogens (primary N) is 1. The van der Waals surface area contributed by atoms with Crippen molar-refractivity contribution in [3.05, 3.63) is 59.4 Å². The highest BCUT2D eigenvalue weighted by Gasteiger charge is 2.30. The van der Waals surface area contributed by atoms with E-state index in [0.717, 1.165) is 18.2 Å². The summed E-state index contributed by atoms with van der Waals surface area (Å²) in [6.07, 6.45) is -4.76. The van der Waals surface area contributed by atoms with Gasteiger partial charge in [0, 0.05) is 17.8 Å². The van der Waals surface area contributed by atoms with Gasteiger partial charge in [-0.2, -0.15) is 0 Å². The van der Waals surface area contributed by atoms with Gasteiger partial charge in [-0.05, 0) is 48.9 Å². The molecule has 150 valence electrons. The lowest BCUT2D eigenvalue weighted by Gasteiger charge is -2.10. The monoisotopic (exact) mass is 398 g/mol. The van der Waals surface area contributed by atoms with Crippen LogP contribution in [0.3, 0.4) is 0 Å². The number of benzene rings is 2. The van der Waals surface area contributed by atoms with Gasteiger partial charge < -0.3 is 21.1 Å². The van der Waals surface area contributed by atoms with Crippen LogP contribution < -0.4 is 21.1 Å². The predicted molar refractivity (Wildman–Crippen MR) is 96.7 cm³/mol. The van der Waals surface area contributed by atoms with Crippen LogP contribution in [0.2, 0.25) is 0 Å². The molecule has 0 radical (unpaired) electrons. The first-order valence-corrected chi connectivity index (χ1v) is 8.11. The molecule has 0 heterocycles. The van der Waals surface area contributed by atoms with E-state index in [-0.39, 0.29) is 30.4 Å². The van der Waals surface area contributed by atoms with Crippen LogP contribution in [-0.2, 0) is 0 Å². The molecule has 0 aliphatic heterocycles. The number of anilines is 1. The van der Waals surface area contributed by atoms with Gasteiger partial charge in [-0.25, -0.2) is 4.39 Å². The zero-order valence-electron chi connectivity index (χ0n) is 14.8. The van der Waals surface area contributed by atoms with Crippen LogP contribution in [0.1, 0.15) is 15.9 Å². The maximum Gasteiger partial charge on any atom is 0.573 e. The first-order valence-electron chi connectivity index (χ1n) is 8.11. The Kier molecular flexibility index (Phi) is 6.80. The molecule has 10 heteroatoms. The van der Waals surface area contributed by atoms with Gasteiger partial charge in [-0.15, -0.1) is 13.2 Å². The Bertz CT molecular complexity index is 852. The fraction of sp³-hybridized carbons (Fsp3) is 0.222. The van der Waals surface area contributed by atoms with Gasteiger partial charge in [0.2, 0.25) is 0 Å². The van der Waals surface area contributed by atoms with Crippen molar-refractivity contribution in [2.24, 2.45) is 10.7 Å². The van der Waals surface area contributed by atoms with Crippen molar-refractivity contribution in [1.82, 2.24) is 5.32 Å². The highest BCUT2D eigenvalue weighted by Crippen LogP contribution is 2.23. The van der Waals surface area contributed by atoms with Crippen molar-refractivity contribution in [2.75, 3.05) is 18.4 Å². The molecule has 2 aromatic carbocycles. The topological polar surface area (TPSA) is 88.7 Å². The molecule has 2 aromatic rings. The number of nitrogens with one attached hydrogen (secondary N) is 2. The molecule has 0 saturated carbocycles. The summed E-state index contributed by atoms with van der Waals surface area (Å²) < 4.78 is 53.5. The number of hydrogen-bond acceptors (Lipinski definition) is 3. The van der Waals surface area contributed by atoms with E-state index in [0.29, 0.717) is 11.3 Å². The van der Waals surface area contributed by atoms with E-state index >= 15 is 0 Å². The number of amides is 1. The van der Waals surface area contributed by atoms with Gasteiger partial charge >= 0.3 is 6.36 Å². The average molecular weight is 398 g/mol. The lowest BCUT2D eigenvalue weighted by molar-refractivity contribution is -0.274. The Balaban J connectivity index is 1.79. The molecule has 0 aliphatic carbocycles. The second kappa shape index (κ2) is 9.07. The quantitative estimate of drug-likeness (QED) is 0.302. The van der Waals surface area contributed by atoms with Gasteiger partial charge in [0.15, 0.2) is 5.96 Å². The minimum absolute atomic E-state index is 0.0140. The molecule has 1 amide bonds. The Morgan fingerprint density at radius 2 is 1.86 bits per heavy atom. The molecule has 28 heavy (non-hydrogen) atoms. The molecule has 0 spiro atoms. The number of ether oxygens (including phenoxy) is 1. The van der Waals surface area contributed by atoms with Crippen LogP contribution in [0.15, 0.2) is 47.5 Å².